The van der Waals surface area contributed by atoms with Crippen LogP contribution >= 0.6 is 0 Å². The van der Waals surface area contributed by atoms with E-state index in [4.69, 9.17) is 4.84 Å². The highest BCUT2D eigenvalue weighted by atomic mass is 19.1. The molecule has 2 rings (SSSR count). The number of benzene rings is 1. The quantitative estimate of drug-likeness (QED) is 0.795. The monoisotopic (exact) mass is 223 g/mol. The van der Waals surface area contributed by atoms with Crippen molar-refractivity contribution < 1.29 is 14.0 Å². The number of hydrogen-bond donors (Lipinski definition) is 1. The number of nitrogens with one attached hydrogen (secondary N) is 1. The Morgan fingerprint density at radius 3 is 2.94 bits per heavy atom. The van der Waals surface area contributed by atoms with Crippen LogP contribution in [0.1, 0.15) is 28.8 Å². The zero-order chi connectivity index (χ0) is 11.5. The van der Waals surface area contributed by atoms with Gasteiger partial charge in [-0.1, -0.05) is 6.07 Å². The number of halogens is 1. The topological polar surface area (TPSA) is 38.3 Å². The second-order valence-electron chi connectivity index (χ2n) is 4.15. The Morgan fingerprint density at radius 1 is 1.56 bits per heavy atom. The summed E-state index contributed by atoms with van der Waals surface area (Å²) in [5.74, 6) is -0.204. The Hall–Kier alpha value is -1.42. The molecule has 16 heavy (non-hydrogen) atoms. The van der Waals surface area contributed by atoms with Crippen LogP contribution in [0, 0.1) is 18.7 Å². The van der Waals surface area contributed by atoms with E-state index in [1.165, 1.54) is 6.07 Å². The largest absolute Gasteiger partial charge is 0.274 e. The van der Waals surface area contributed by atoms with E-state index < -0.39 is 5.91 Å². The van der Waals surface area contributed by atoms with E-state index in [1.807, 2.05) is 0 Å². The summed E-state index contributed by atoms with van der Waals surface area (Å²) >= 11 is 0. The predicted molar refractivity (Wildman–Crippen MR) is 57.3 cm³/mol. The first kappa shape index (κ1) is 11.1. The third kappa shape index (κ3) is 2.79. The van der Waals surface area contributed by atoms with Crippen molar-refractivity contribution in [2.24, 2.45) is 5.92 Å². The minimum absolute atomic E-state index is 0.277. The number of amides is 1. The normalized spacial score (nSPS) is 14.9. The summed E-state index contributed by atoms with van der Waals surface area (Å²) in [6.07, 6.45) is 2.32. The van der Waals surface area contributed by atoms with Gasteiger partial charge in [-0.15, -0.1) is 0 Å². The number of aryl methyl sites for hydroxylation is 1. The van der Waals surface area contributed by atoms with E-state index in [-0.39, 0.29) is 11.4 Å². The van der Waals surface area contributed by atoms with Crippen LogP contribution in [0.5, 0.6) is 0 Å². The fourth-order valence-corrected chi connectivity index (χ4v) is 1.30. The van der Waals surface area contributed by atoms with E-state index in [0.29, 0.717) is 18.1 Å². The molecule has 1 fully saturated rings. The minimum atomic E-state index is -0.403. The lowest BCUT2D eigenvalue weighted by atomic mass is 10.1. The van der Waals surface area contributed by atoms with Crippen molar-refractivity contribution in [2.75, 3.05) is 6.61 Å². The third-order valence-corrected chi connectivity index (χ3v) is 2.61. The molecular weight excluding hydrogens is 209 g/mol. The van der Waals surface area contributed by atoms with Crippen LogP contribution in [0.4, 0.5) is 4.39 Å². The van der Waals surface area contributed by atoms with E-state index in [0.717, 1.165) is 12.8 Å². The van der Waals surface area contributed by atoms with Gasteiger partial charge in [0.05, 0.1) is 6.61 Å². The first-order chi connectivity index (χ1) is 7.66. The Morgan fingerprint density at radius 2 is 2.31 bits per heavy atom. The summed E-state index contributed by atoms with van der Waals surface area (Å²) in [4.78, 5) is 16.5. The maximum Gasteiger partial charge on any atom is 0.274 e. The number of hydroxylamine groups is 1. The van der Waals surface area contributed by atoms with Crippen LogP contribution in [0.25, 0.3) is 0 Å². The van der Waals surface area contributed by atoms with Crippen molar-refractivity contribution in [3.8, 4) is 0 Å². The molecule has 1 aliphatic rings. The molecule has 1 N–H and O–H groups in total. The summed E-state index contributed by atoms with van der Waals surface area (Å²) in [6, 6.07) is 4.37. The zero-order valence-corrected chi connectivity index (χ0v) is 9.13. The minimum Gasteiger partial charge on any atom is -0.273 e. The zero-order valence-electron chi connectivity index (χ0n) is 9.13. The van der Waals surface area contributed by atoms with Gasteiger partial charge in [-0.05, 0) is 43.4 Å². The van der Waals surface area contributed by atoms with Crippen LogP contribution in [0.2, 0.25) is 0 Å². The van der Waals surface area contributed by atoms with Crippen LogP contribution in [0.15, 0.2) is 18.2 Å². The van der Waals surface area contributed by atoms with Crippen LogP contribution in [-0.2, 0) is 4.84 Å². The smallest absolute Gasteiger partial charge is 0.273 e. The molecule has 3 nitrogen and oxygen atoms in total. The van der Waals surface area contributed by atoms with Gasteiger partial charge >= 0.3 is 0 Å². The van der Waals surface area contributed by atoms with E-state index in [9.17, 15) is 9.18 Å². The molecule has 0 aliphatic heterocycles. The van der Waals surface area contributed by atoms with Gasteiger partial charge in [-0.2, -0.15) is 0 Å². The lowest BCUT2D eigenvalue weighted by Gasteiger charge is -2.05. The second-order valence-corrected chi connectivity index (χ2v) is 4.15. The lowest BCUT2D eigenvalue weighted by molar-refractivity contribution is 0.0270. The van der Waals surface area contributed by atoms with Gasteiger partial charge in [-0.3, -0.25) is 9.63 Å². The van der Waals surface area contributed by atoms with Crippen molar-refractivity contribution in [2.45, 2.75) is 19.8 Å². The Bertz CT molecular complexity index is 402. The van der Waals surface area contributed by atoms with Crippen LogP contribution in [0.3, 0.4) is 0 Å². The molecule has 1 amide bonds. The van der Waals surface area contributed by atoms with Gasteiger partial charge in [-0.25, -0.2) is 9.87 Å². The molecule has 0 heterocycles. The van der Waals surface area contributed by atoms with Gasteiger partial charge in [0, 0.05) is 5.56 Å². The molecule has 0 bridgehead atoms. The molecule has 0 atom stereocenters. The average Bonchev–Trinajstić information content (AvgIpc) is 3.06. The molecule has 0 unspecified atom stereocenters. The number of rotatable bonds is 4. The molecule has 1 saturated carbocycles. The van der Waals surface area contributed by atoms with Crippen molar-refractivity contribution in [3.63, 3.8) is 0 Å². The standard InChI is InChI=1S/C12H14FNO2/c1-8-2-5-10(6-11(8)13)12(15)14-16-7-9-3-4-9/h2,5-6,9H,3-4,7H2,1H3,(H,14,15). The second kappa shape index (κ2) is 4.61. The molecule has 0 aromatic heterocycles. The Labute approximate surface area is 93.6 Å². The van der Waals surface area contributed by atoms with Gasteiger partial charge in [0.25, 0.3) is 5.91 Å². The fourth-order valence-electron chi connectivity index (χ4n) is 1.30. The fraction of sp³-hybridized carbons (Fsp3) is 0.417. The maximum atomic E-state index is 13.2. The van der Waals surface area contributed by atoms with Gasteiger partial charge < -0.3 is 0 Å². The molecule has 0 spiro atoms. The summed E-state index contributed by atoms with van der Waals surface area (Å²) in [7, 11) is 0. The number of carbonyl (C=O) groups is 1. The van der Waals surface area contributed by atoms with Gasteiger partial charge in [0.15, 0.2) is 0 Å². The van der Waals surface area contributed by atoms with Crippen molar-refractivity contribution >= 4 is 5.91 Å². The van der Waals surface area contributed by atoms with E-state index >= 15 is 0 Å². The summed E-state index contributed by atoms with van der Waals surface area (Å²) in [5.41, 5.74) is 3.11. The van der Waals surface area contributed by atoms with E-state index in [2.05, 4.69) is 5.48 Å². The first-order valence-electron chi connectivity index (χ1n) is 5.35. The number of hydrogen-bond acceptors (Lipinski definition) is 2. The molecule has 86 valence electrons. The lowest BCUT2D eigenvalue weighted by Crippen LogP contribution is -2.24. The predicted octanol–water partition coefficient (Wildman–Crippen LogP) is 2.21. The Balaban J connectivity index is 1.88. The summed E-state index contributed by atoms with van der Waals surface area (Å²) < 4.78 is 13.2. The van der Waals surface area contributed by atoms with E-state index in [1.54, 1.807) is 19.1 Å². The molecule has 1 aromatic rings. The van der Waals surface area contributed by atoms with Crippen molar-refractivity contribution in [1.82, 2.24) is 5.48 Å². The Kier molecular flexibility index (Phi) is 3.19. The van der Waals surface area contributed by atoms with Gasteiger partial charge in [0.2, 0.25) is 0 Å². The highest BCUT2D eigenvalue weighted by molar-refractivity contribution is 5.93. The van der Waals surface area contributed by atoms with Gasteiger partial charge in [0.1, 0.15) is 5.82 Å². The summed E-state index contributed by atoms with van der Waals surface area (Å²) in [6.45, 7) is 2.20. The van der Waals surface area contributed by atoms with Crippen LogP contribution in [-0.4, -0.2) is 12.5 Å². The molecule has 4 heteroatoms. The van der Waals surface area contributed by atoms with Crippen molar-refractivity contribution in [1.29, 1.82) is 0 Å². The number of carbonyl (C=O) groups excluding carboxylic acids is 1. The third-order valence-electron chi connectivity index (χ3n) is 2.61. The molecular formula is C12H14FNO2. The highest BCUT2D eigenvalue weighted by Crippen LogP contribution is 2.28. The first-order valence-corrected chi connectivity index (χ1v) is 5.35. The average molecular weight is 223 g/mol. The molecule has 0 saturated heterocycles. The molecule has 0 radical (unpaired) electrons. The highest BCUT2D eigenvalue weighted by Gasteiger charge is 2.21. The van der Waals surface area contributed by atoms with Crippen LogP contribution < -0.4 is 5.48 Å². The molecule has 1 aliphatic carbocycles. The molecule has 1 aromatic carbocycles. The SMILES string of the molecule is Cc1ccc(C(=O)NOCC2CC2)cc1F. The van der Waals surface area contributed by atoms with Crippen molar-refractivity contribution in [3.05, 3.63) is 35.1 Å². The summed E-state index contributed by atoms with van der Waals surface area (Å²) in [5, 5.41) is 0. The maximum absolute atomic E-state index is 13.2.